The second-order valence-corrected chi connectivity index (χ2v) is 5.49. The number of halogens is 1. The predicted molar refractivity (Wildman–Crippen MR) is 82.7 cm³/mol. The van der Waals surface area contributed by atoms with Gasteiger partial charge in [-0.1, -0.05) is 41.9 Å². The molecule has 2 nitrogen and oxygen atoms in total. The maximum atomic E-state index is 11.3. The molecule has 0 saturated carbocycles. The van der Waals surface area contributed by atoms with Crippen LogP contribution >= 0.6 is 11.6 Å². The fourth-order valence-electron chi connectivity index (χ4n) is 2.82. The summed E-state index contributed by atoms with van der Waals surface area (Å²) in [6, 6.07) is 14.2. The van der Waals surface area contributed by atoms with Gasteiger partial charge in [0.15, 0.2) is 6.29 Å². The lowest BCUT2D eigenvalue weighted by Gasteiger charge is -2.25. The minimum Gasteiger partial charge on any atom is -0.367 e. The van der Waals surface area contributed by atoms with Gasteiger partial charge in [0, 0.05) is 18.8 Å². The highest BCUT2D eigenvalue weighted by Gasteiger charge is 2.17. The fraction of sp³-hybridized carbons (Fsp3) is 0.235. The molecule has 0 spiro atoms. The highest BCUT2D eigenvalue weighted by Crippen LogP contribution is 2.29. The Kier molecular flexibility index (Phi) is 3.75. The molecule has 0 amide bonds. The average Bonchev–Trinajstić information content (AvgIpc) is 2.69. The summed E-state index contributed by atoms with van der Waals surface area (Å²) in [5, 5.41) is 0.523. The Morgan fingerprint density at radius 2 is 1.85 bits per heavy atom. The van der Waals surface area contributed by atoms with E-state index < -0.39 is 0 Å². The topological polar surface area (TPSA) is 20.3 Å². The number of hydrogen-bond donors (Lipinski definition) is 0. The van der Waals surface area contributed by atoms with Crippen molar-refractivity contribution in [2.75, 3.05) is 11.4 Å². The monoisotopic (exact) mass is 285 g/mol. The summed E-state index contributed by atoms with van der Waals surface area (Å²) < 4.78 is 0. The van der Waals surface area contributed by atoms with E-state index in [4.69, 9.17) is 11.6 Å². The van der Waals surface area contributed by atoms with Crippen molar-refractivity contribution in [1.29, 1.82) is 0 Å². The number of hydrogen-bond acceptors (Lipinski definition) is 2. The summed E-state index contributed by atoms with van der Waals surface area (Å²) in [7, 11) is 0. The minimum atomic E-state index is 0.523. The number of nitrogens with zero attached hydrogens (tertiary/aromatic N) is 1. The molecule has 1 heterocycles. The molecule has 0 fully saturated rings. The Hall–Kier alpha value is -1.80. The third-order valence-corrected chi connectivity index (χ3v) is 4.17. The molecule has 3 heteroatoms. The molecule has 2 aromatic carbocycles. The van der Waals surface area contributed by atoms with Crippen molar-refractivity contribution in [2.45, 2.75) is 19.4 Å². The maximum Gasteiger partial charge on any atom is 0.153 e. The Morgan fingerprint density at radius 3 is 2.65 bits per heavy atom. The van der Waals surface area contributed by atoms with Crippen molar-refractivity contribution < 1.29 is 4.79 Å². The molecule has 1 aliphatic rings. The van der Waals surface area contributed by atoms with Crippen LogP contribution < -0.4 is 4.90 Å². The van der Waals surface area contributed by atoms with Gasteiger partial charge in [0.25, 0.3) is 0 Å². The summed E-state index contributed by atoms with van der Waals surface area (Å²) >= 11 is 6.13. The number of anilines is 1. The molecule has 2 aromatic rings. The number of carbonyl (C=O) groups is 1. The van der Waals surface area contributed by atoms with Gasteiger partial charge in [-0.2, -0.15) is 0 Å². The molecule has 0 atom stereocenters. The van der Waals surface area contributed by atoms with Crippen LogP contribution in [0.15, 0.2) is 42.5 Å². The molecule has 0 aliphatic carbocycles. The first kappa shape index (κ1) is 13.2. The van der Waals surface area contributed by atoms with Gasteiger partial charge < -0.3 is 4.90 Å². The van der Waals surface area contributed by atoms with Gasteiger partial charge in [-0.25, -0.2) is 0 Å². The summed E-state index contributed by atoms with van der Waals surface area (Å²) in [6.45, 7) is 1.77. The van der Waals surface area contributed by atoms with Crippen LogP contribution in [0.1, 0.15) is 27.9 Å². The second kappa shape index (κ2) is 5.68. The van der Waals surface area contributed by atoms with Crippen LogP contribution in [0.2, 0.25) is 5.02 Å². The molecule has 0 radical (unpaired) electrons. The Labute approximate surface area is 124 Å². The first-order valence-corrected chi connectivity index (χ1v) is 7.23. The van der Waals surface area contributed by atoms with E-state index in [0.29, 0.717) is 10.6 Å². The number of fused-ring (bicyclic) bond motifs is 1. The van der Waals surface area contributed by atoms with E-state index in [1.807, 2.05) is 12.1 Å². The van der Waals surface area contributed by atoms with E-state index in [-0.39, 0.29) is 0 Å². The molecular formula is C17H16ClNO. The van der Waals surface area contributed by atoms with E-state index >= 15 is 0 Å². The number of carbonyl (C=O) groups excluding carboxylic acids is 1. The molecule has 0 saturated heterocycles. The minimum absolute atomic E-state index is 0.523. The standard InChI is InChI=1S/C17H16ClNO/c18-16-8-3-9-17(15(16)12-20)19-10-4-7-13-5-1-2-6-14(13)11-19/h1-3,5-6,8-9,12H,4,7,10-11H2. The van der Waals surface area contributed by atoms with E-state index in [9.17, 15) is 4.79 Å². The van der Waals surface area contributed by atoms with E-state index in [1.165, 1.54) is 11.1 Å². The van der Waals surface area contributed by atoms with Gasteiger partial charge in [-0.05, 0) is 36.1 Å². The van der Waals surface area contributed by atoms with Crippen molar-refractivity contribution in [2.24, 2.45) is 0 Å². The molecular weight excluding hydrogens is 270 g/mol. The maximum absolute atomic E-state index is 11.3. The van der Waals surface area contributed by atoms with Crippen molar-refractivity contribution >= 4 is 23.6 Å². The number of rotatable bonds is 2. The molecule has 0 bridgehead atoms. The van der Waals surface area contributed by atoms with Gasteiger partial charge in [-0.3, -0.25) is 4.79 Å². The smallest absolute Gasteiger partial charge is 0.153 e. The number of aryl methyl sites for hydroxylation is 1. The van der Waals surface area contributed by atoms with Crippen molar-refractivity contribution in [3.05, 3.63) is 64.2 Å². The molecule has 0 aromatic heterocycles. The summed E-state index contributed by atoms with van der Waals surface area (Å²) in [4.78, 5) is 13.6. The first-order valence-electron chi connectivity index (χ1n) is 6.85. The van der Waals surface area contributed by atoms with E-state index in [0.717, 1.165) is 37.9 Å². The molecule has 3 rings (SSSR count). The van der Waals surface area contributed by atoms with Gasteiger partial charge in [-0.15, -0.1) is 0 Å². The van der Waals surface area contributed by atoms with Crippen LogP contribution in [0.5, 0.6) is 0 Å². The third-order valence-electron chi connectivity index (χ3n) is 3.84. The molecule has 20 heavy (non-hydrogen) atoms. The lowest BCUT2D eigenvalue weighted by molar-refractivity contribution is 0.112. The Morgan fingerprint density at radius 1 is 1.05 bits per heavy atom. The quantitative estimate of drug-likeness (QED) is 0.774. The van der Waals surface area contributed by atoms with Crippen LogP contribution in [0, 0.1) is 0 Å². The molecule has 0 N–H and O–H groups in total. The summed E-state index contributed by atoms with van der Waals surface area (Å²) in [5.74, 6) is 0. The Bertz CT molecular complexity index is 639. The first-order chi connectivity index (χ1) is 9.79. The zero-order valence-corrected chi connectivity index (χ0v) is 11.9. The lowest BCUT2D eigenvalue weighted by atomic mass is 10.0. The van der Waals surface area contributed by atoms with E-state index in [1.54, 1.807) is 6.07 Å². The van der Waals surface area contributed by atoms with Gasteiger partial charge >= 0.3 is 0 Å². The largest absolute Gasteiger partial charge is 0.367 e. The molecule has 1 aliphatic heterocycles. The van der Waals surface area contributed by atoms with Crippen LogP contribution in [0.3, 0.4) is 0 Å². The van der Waals surface area contributed by atoms with Crippen molar-refractivity contribution in [3.8, 4) is 0 Å². The van der Waals surface area contributed by atoms with Crippen molar-refractivity contribution in [1.82, 2.24) is 0 Å². The number of benzene rings is 2. The van der Waals surface area contributed by atoms with E-state index in [2.05, 4.69) is 29.2 Å². The van der Waals surface area contributed by atoms with Gasteiger partial charge in [0.1, 0.15) is 0 Å². The Balaban J connectivity index is 2.00. The van der Waals surface area contributed by atoms with Crippen molar-refractivity contribution in [3.63, 3.8) is 0 Å². The summed E-state index contributed by atoms with van der Waals surface area (Å²) in [6.07, 6.45) is 3.03. The van der Waals surface area contributed by atoms with Crippen LogP contribution in [0.4, 0.5) is 5.69 Å². The zero-order chi connectivity index (χ0) is 13.9. The van der Waals surface area contributed by atoms with Crippen LogP contribution in [-0.2, 0) is 13.0 Å². The van der Waals surface area contributed by atoms with Gasteiger partial charge in [0.05, 0.1) is 10.6 Å². The normalized spacial score (nSPS) is 14.6. The predicted octanol–water partition coefficient (Wildman–Crippen LogP) is 4.11. The third kappa shape index (κ3) is 2.44. The molecule has 0 unspecified atom stereocenters. The molecule has 102 valence electrons. The zero-order valence-electron chi connectivity index (χ0n) is 11.2. The van der Waals surface area contributed by atoms with Crippen LogP contribution in [-0.4, -0.2) is 12.8 Å². The second-order valence-electron chi connectivity index (χ2n) is 5.08. The summed E-state index contributed by atoms with van der Waals surface area (Å²) in [5.41, 5.74) is 4.27. The highest BCUT2D eigenvalue weighted by molar-refractivity contribution is 6.33. The SMILES string of the molecule is O=Cc1c(Cl)cccc1N1CCCc2ccccc2C1. The number of aldehydes is 1. The highest BCUT2D eigenvalue weighted by atomic mass is 35.5. The average molecular weight is 286 g/mol. The lowest BCUT2D eigenvalue weighted by Crippen LogP contribution is -2.23. The fourth-order valence-corrected chi connectivity index (χ4v) is 3.04. The van der Waals surface area contributed by atoms with Gasteiger partial charge in [0.2, 0.25) is 0 Å². The van der Waals surface area contributed by atoms with Crippen LogP contribution in [0.25, 0.3) is 0 Å².